The molecule has 0 aromatic heterocycles. The van der Waals surface area contributed by atoms with Crippen molar-refractivity contribution in [2.45, 2.75) is 31.2 Å². The number of benzene rings is 1. The highest BCUT2D eigenvalue weighted by Crippen LogP contribution is 2.21. The molecule has 0 bridgehead atoms. The first-order valence-electron chi connectivity index (χ1n) is 5.31. The van der Waals surface area contributed by atoms with Gasteiger partial charge in [0.2, 0.25) is 0 Å². The number of hydrogen-bond acceptors (Lipinski definition) is 2. The predicted octanol–water partition coefficient (Wildman–Crippen LogP) is 3.31. The molecule has 0 atom stereocenters. The summed E-state index contributed by atoms with van der Waals surface area (Å²) < 4.78 is 13.2. The van der Waals surface area contributed by atoms with Gasteiger partial charge in [0.25, 0.3) is 0 Å². The van der Waals surface area contributed by atoms with Crippen LogP contribution in [-0.2, 0) is 0 Å². The van der Waals surface area contributed by atoms with Crippen LogP contribution in [0.5, 0.6) is 0 Å². The minimum absolute atomic E-state index is 0.112. The van der Waals surface area contributed by atoms with Crippen molar-refractivity contribution in [2.24, 2.45) is 0 Å². The van der Waals surface area contributed by atoms with Gasteiger partial charge in [0, 0.05) is 10.9 Å². The van der Waals surface area contributed by atoms with E-state index in [2.05, 4.69) is 19.2 Å². The van der Waals surface area contributed by atoms with E-state index < -0.39 is 0 Å². The summed E-state index contributed by atoms with van der Waals surface area (Å²) in [5.74, 6) is 0.847. The lowest BCUT2D eigenvalue weighted by Crippen LogP contribution is -2.23. The molecule has 0 aliphatic heterocycles. The van der Waals surface area contributed by atoms with Gasteiger partial charge in [-0.15, -0.1) is 11.8 Å². The van der Waals surface area contributed by atoms with Crippen LogP contribution in [0.15, 0.2) is 29.2 Å². The van der Waals surface area contributed by atoms with E-state index in [-0.39, 0.29) is 5.82 Å². The second-order valence-corrected chi connectivity index (χ2v) is 4.88. The zero-order valence-corrected chi connectivity index (χ0v) is 10.1. The Kier molecular flexibility index (Phi) is 5.73. The molecule has 0 saturated heterocycles. The first-order chi connectivity index (χ1) is 7.20. The van der Waals surface area contributed by atoms with Gasteiger partial charge in [-0.05, 0) is 30.9 Å². The smallest absolute Gasteiger partial charge is 0.136 e. The Labute approximate surface area is 95.5 Å². The average Bonchev–Trinajstić information content (AvgIpc) is 2.20. The van der Waals surface area contributed by atoms with Crippen molar-refractivity contribution in [3.05, 3.63) is 30.1 Å². The van der Waals surface area contributed by atoms with Gasteiger partial charge in [-0.2, -0.15) is 0 Å². The lowest BCUT2D eigenvalue weighted by molar-refractivity contribution is 0.584. The molecule has 0 radical (unpaired) electrons. The van der Waals surface area contributed by atoms with Crippen molar-refractivity contribution >= 4 is 11.8 Å². The summed E-state index contributed by atoms with van der Waals surface area (Å²) in [4.78, 5) is 0.752. The Morgan fingerprint density at radius 2 is 2.07 bits per heavy atom. The molecule has 0 fully saturated rings. The van der Waals surface area contributed by atoms with Gasteiger partial charge in [0.1, 0.15) is 5.82 Å². The van der Waals surface area contributed by atoms with E-state index in [0.29, 0.717) is 6.04 Å². The lowest BCUT2D eigenvalue weighted by Gasteiger charge is -2.07. The molecule has 0 saturated carbocycles. The van der Waals surface area contributed by atoms with Crippen LogP contribution in [0, 0.1) is 5.82 Å². The molecule has 0 spiro atoms. The molecule has 1 aromatic rings. The predicted molar refractivity (Wildman–Crippen MR) is 64.9 cm³/mol. The quantitative estimate of drug-likeness (QED) is 0.591. The fraction of sp³-hybridized carbons (Fsp3) is 0.500. The standard InChI is InChI=1S/C12H18FNS/c1-10(2)14-8-5-9-15-12-7-4-3-6-11(12)13/h3-4,6-7,10,14H,5,8-9H2,1-2H3. The van der Waals surface area contributed by atoms with Crippen molar-refractivity contribution < 1.29 is 4.39 Å². The number of thioether (sulfide) groups is 1. The van der Waals surface area contributed by atoms with Crippen LogP contribution in [0.25, 0.3) is 0 Å². The Morgan fingerprint density at radius 1 is 1.33 bits per heavy atom. The summed E-state index contributed by atoms with van der Waals surface area (Å²) in [5, 5.41) is 3.34. The highest BCUT2D eigenvalue weighted by Gasteiger charge is 2.00. The van der Waals surface area contributed by atoms with Crippen molar-refractivity contribution in [1.82, 2.24) is 5.32 Å². The molecule has 1 N–H and O–H groups in total. The largest absolute Gasteiger partial charge is 0.315 e. The summed E-state index contributed by atoms with van der Waals surface area (Å²) in [5.41, 5.74) is 0. The molecule has 0 heterocycles. The van der Waals surface area contributed by atoms with Gasteiger partial charge in [-0.3, -0.25) is 0 Å². The Bertz CT molecular complexity index is 289. The van der Waals surface area contributed by atoms with E-state index in [9.17, 15) is 4.39 Å². The minimum atomic E-state index is -0.112. The van der Waals surface area contributed by atoms with Crippen molar-refractivity contribution in [3.8, 4) is 0 Å². The molecule has 1 rings (SSSR count). The molecule has 84 valence electrons. The van der Waals surface area contributed by atoms with E-state index in [1.54, 1.807) is 17.8 Å². The summed E-state index contributed by atoms with van der Waals surface area (Å²) in [6.45, 7) is 5.26. The van der Waals surface area contributed by atoms with Gasteiger partial charge < -0.3 is 5.32 Å². The monoisotopic (exact) mass is 227 g/mol. The third-order valence-electron chi connectivity index (χ3n) is 1.97. The first-order valence-corrected chi connectivity index (χ1v) is 6.29. The summed E-state index contributed by atoms with van der Waals surface area (Å²) in [6.07, 6.45) is 1.07. The number of hydrogen-bond donors (Lipinski definition) is 1. The highest BCUT2D eigenvalue weighted by atomic mass is 32.2. The van der Waals surface area contributed by atoms with Gasteiger partial charge in [0.05, 0.1) is 0 Å². The Hall–Kier alpha value is -0.540. The molecule has 15 heavy (non-hydrogen) atoms. The van der Waals surface area contributed by atoms with Crippen LogP contribution >= 0.6 is 11.8 Å². The van der Waals surface area contributed by atoms with Crippen molar-refractivity contribution in [3.63, 3.8) is 0 Å². The average molecular weight is 227 g/mol. The SMILES string of the molecule is CC(C)NCCCSc1ccccc1F. The maximum Gasteiger partial charge on any atom is 0.136 e. The summed E-state index contributed by atoms with van der Waals surface area (Å²) >= 11 is 1.58. The second kappa shape index (κ2) is 6.85. The van der Waals surface area contributed by atoms with Crippen LogP contribution in [0.3, 0.4) is 0 Å². The van der Waals surface area contributed by atoms with Crippen LogP contribution in [-0.4, -0.2) is 18.3 Å². The fourth-order valence-electron chi connectivity index (χ4n) is 1.21. The third-order valence-corrected chi connectivity index (χ3v) is 3.10. The molecule has 0 unspecified atom stereocenters. The van der Waals surface area contributed by atoms with E-state index in [4.69, 9.17) is 0 Å². The maximum atomic E-state index is 13.2. The van der Waals surface area contributed by atoms with Gasteiger partial charge >= 0.3 is 0 Å². The number of nitrogens with one attached hydrogen (secondary N) is 1. The molecule has 0 aliphatic rings. The van der Waals surface area contributed by atoms with E-state index >= 15 is 0 Å². The summed E-state index contributed by atoms with van der Waals surface area (Å²) in [7, 11) is 0. The number of rotatable bonds is 6. The normalized spacial score (nSPS) is 10.9. The minimum Gasteiger partial charge on any atom is -0.315 e. The highest BCUT2D eigenvalue weighted by molar-refractivity contribution is 7.99. The van der Waals surface area contributed by atoms with Gasteiger partial charge in [-0.25, -0.2) is 4.39 Å². The zero-order chi connectivity index (χ0) is 11.1. The van der Waals surface area contributed by atoms with Crippen LogP contribution in [0.1, 0.15) is 20.3 Å². The Balaban J connectivity index is 2.18. The van der Waals surface area contributed by atoms with E-state index in [1.165, 1.54) is 6.07 Å². The molecule has 3 heteroatoms. The van der Waals surface area contributed by atoms with Crippen molar-refractivity contribution in [1.29, 1.82) is 0 Å². The molecule has 1 nitrogen and oxygen atoms in total. The maximum absolute atomic E-state index is 13.2. The Morgan fingerprint density at radius 3 is 2.73 bits per heavy atom. The molecular weight excluding hydrogens is 209 g/mol. The number of halogens is 1. The summed E-state index contributed by atoms with van der Waals surface area (Å²) in [6, 6.07) is 7.46. The first kappa shape index (κ1) is 12.5. The molecular formula is C12H18FNS. The van der Waals surface area contributed by atoms with E-state index in [0.717, 1.165) is 23.6 Å². The second-order valence-electron chi connectivity index (χ2n) is 3.74. The van der Waals surface area contributed by atoms with Gasteiger partial charge in [0.15, 0.2) is 0 Å². The van der Waals surface area contributed by atoms with Crippen molar-refractivity contribution in [2.75, 3.05) is 12.3 Å². The topological polar surface area (TPSA) is 12.0 Å². The third kappa shape index (κ3) is 5.19. The fourth-order valence-corrected chi connectivity index (χ4v) is 2.10. The molecule has 0 amide bonds. The zero-order valence-electron chi connectivity index (χ0n) is 9.29. The van der Waals surface area contributed by atoms with E-state index in [1.807, 2.05) is 12.1 Å². The lowest BCUT2D eigenvalue weighted by atomic mass is 10.3. The van der Waals surface area contributed by atoms with Gasteiger partial charge in [-0.1, -0.05) is 26.0 Å². The van der Waals surface area contributed by atoms with Crippen LogP contribution in [0.4, 0.5) is 4.39 Å². The molecule has 0 aliphatic carbocycles. The van der Waals surface area contributed by atoms with Crippen LogP contribution < -0.4 is 5.32 Å². The van der Waals surface area contributed by atoms with Crippen LogP contribution in [0.2, 0.25) is 0 Å². The molecule has 1 aromatic carbocycles.